The summed E-state index contributed by atoms with van der Waals surface area (Å²) in [5.41, 5.74) is 7.75. The average Bonchev–Trinajstić information content (AvgIpc) is 3.05. The number of benzene rings is 3. The van der Waals surface area contributed by atoms with Crippen LogP contribution in [0.5, 0.6) is 0 Å². The van der Waals surface area contributed by atoms with Gasteiger partial charge in [0.1, 0.15) is 0 Å². The molecule has 3 heteroatoms. The number of hydrogen-bond donors (Lipinski definition) is 0. The fourth-order valence-electron chi connectivity index (χ4n) is 3.46. The normalized spacial score (nSPS) is 12.4. The van der Waals surface area contributed by atoms with Gasteiger partial charge in [0.15, 0.2) is 0 Å². The van der Waals surface area contributed by atoms with Gasteiger partial charge in [0.05, 0.1) is 12.1 Å². The third-order valence-corrected chi connectivity index (χ3v) is 4.72. The summed E-state index contributed by atoms with van der Waals surface area (Å²) in [4.78, 5) is 17.2. The largest absolute Gasteiger partial charge is 0.339 e. The van der Waals surface area contributed by atoms with Crippen LogP contribution in [-0.2, 0) is 22.5 Å². The minimum atomic E-state index is -0.355. The van der Waals surface area contributed by atoms with Crippen molar-refractivity contribution in [2.75, 3.05) is 0 Å². The standard InChI is InChI=1S/C23H19NO2/c1-16(24-26-23(25)14-17-8-3-2-4-9-17)19-12-7-13-21-20-11-6-5-10-18(20)15-22(19)21/h2-13H,14-15H2,1H3. The molecule has 0 radical (unpaired) electrons. The van der Waals surface area contributed by atoms with E-state index in [4.69, 9.17) is 4.84 Å². The van der Waals surface area contributed by atoms with Crippen LogP contribution in [0.3, 0.4) is 0 Å². The van der Waals surface area contributed by atoms with Crippen LogP contribution < -0.4 is 0 Å². The summed E-state index contributed by atoms with van der Waals surface area (Å²) < 4.78 is 0. The molecule has 0 spiro atoms. The van der Waals surface area contributed by atoms with E-state index >= 15 is 0 Å². The summed E-state index contributed by atoms with van der Waals surface area (Å²) in [5, 5.41) is 4.10. The van der Waals surface area contributed by atoms with Gasteiger partial charge in [-0.15, -0.1) is 0 Å². The van der Waals surface area contributed by atoms with E-state index in [9.17, 15) is 4.79 Å². The Labute approximate surface area is 152 Å². The van der Waals surface area contributed by atoms with Crippen molar-refractivity contribution < 1.29 is 9.63 Å². The summed E-state index contributed by atoms with van der Waals surface area (Å²) in [5.74, 6) is -0.355. The molecule has 0 saturated heterocycles. The van der Waals surface area contributed by atoms with Crippen LogP contribution in [0.25, 0.3) is 11.1 Å². The lowest BCUT2D eigenvalue weighted by Crippen LogP contribution is -2.07. The minimum Gasteiger partial charge on any atom is -0.318 e. The molecule has 3 aromatic rings. The van der Waals surface area contributed by atoms with Gasteiger partial charge in [-0.25, -0.2) is 4.79 Å². The molecule has 0 amide bonds. The summed E-state index contributed by atoms with van der Waals surface area (Å²) in [6.45, 7) is 1.88. The second-order valence-corrected chi connectivity index (χ2v) is 6.47. The minimum absolute atomic E-state index is 0.218. The number of carbonyl (C=O) groups is 1. The quantitative estimate of drug-likeness (QED) is 0.305. The maximum Gasteiger partial charge on any atom is 0.339 e. The Morgan fingerprint density at radius 1 is 0.923 bits per heavy atom. The first-order valence-electron chi connectivity index (χ1n) is 8.71. The SMILES string of the molecule is CC(=NOC(=O)Cc1ccccc1)c1cccc2c1Cc1ccccc1-2. The topological polar surface area (TPSA) is 38.7 Å². The Morgan fingerprint density at radius 2 is 1.65 bits per heavy atom. The zero-order valence-electron chi connectivity index (χ0n) is 14.6. The number of carbonyl (C=O) groups excluding carboxylic acids is 1. The van der Waals surface area contributed by atoms with Gasteiger partial charge in [0, 0.05) is 5.56 Å². The molecule has 0 N–H and O–H groups in total. The fourth-order valence-corrected chi connectivity index (χ4v) is 3.46. The van der Waals surface area contributed by atoms with Crippen LogP contribution in [0.15, 0.2) is 78.0 Å². The van der Waals surface area contributed by atoms with Crippen LogP contribution in [0.1, 0.15) is 29.2 Å². The van der Waals surface area contributed by atoms with E-state index < -0.39 is 0 Å². The van der Waals surface area contributed by atoms with E-state index in [1.807, 2.05) is 49.4 Å². The van der Waals surface area contributed by atoms with Crippen molar-refractivity contribution in [3.8, 4) is 11.1 Å². The highest BCUT2D eigenvalue weighted by molar-refractivity contribution is 6.02. The second-order valence-electron chi connectivity index (χ2n) is 6.47. The molecule has 1 aliphatic carbocycles. The van der Waals surface area contributed by atoms with Crippen molar-refractivity contribution in [3.63, 3.8) is 0 Å². The van der Waals surface area contributed by atoms with Gasteiger partial charge in [0.2, 0.25) is 0 Å². The van der Waals surface area contributed by atoms with Gasteiger partial charge in [-0.05, 0) is 41.2 Å². The molecule has 0 aromatic heterocycles. The van der Waals surface area contributed by atoms with E-state index in [1.54, 1.807) is 0 Å². The molecule has 128 valence electrons. The van der Waals surface area contributed by atoms with Crippen molar-refractivity contribution in [2.24, 2.45) is 5.16 Å². The van der Waals surface area contributed by atoms with Crippen molar-refractivity contribution >= 4 is 11.7 Å². The zero-order chi connectivity index (χ0) is 17.9. The molecule has 4 rings (SSSR count). The third-order valence-electron chi connectivity index (χ3n) is 4.72. The Morgan fingerprint density at radius 3 is 2.50 bits per heavy atom. The zero-order valence-corrected chi connectivity index (χ0v) is 14.6. The van der Waals surface area contributed by atoms with Gasteiger partial charge in [-0.1, -0.05) is 78.0 Å². The summed E-state index contributed by atoms with van der Waals surface area (Å²) in [7, 11) is 0. The van der Waals surface area contributed by atoms with Gasteiger partial charge >= 0.3 is 5.97 Å². The Bertz CT molecular complexity index is 990. The molecule has 0 atom stereocenters. The molecule has 0 bridgehead atoms. The lowest BCUT2D eigenvalue weighted by Gasteiger charge is -2.08. The molecule has 0 unspecified atom stereocenters. The fraction of sp³-hybridized carbons (Fsp3) is 0.130. The molecule has 0 fully saturated rings. The first-order chi connectivity index (χ1) is 12.7. The van der Waals surface area contributed by atoms with E-state index in [2.05, 4.69) is 35.5 Å². The van der Waals surface area contributed by atoms with Gasteiger partial charge in [-0.2, -0.15) is 0 Å². The van der Waals surface area contributed by atoms with Gasteiger partial charge in [-0.3, -0.25) is 0 Å². The van der Waals surface area contributed by atoms with Crippen molar-refractivity contribution in [3.05, 3.63) is 95.1 Å². The average molecular weight is 341 g/mol. The molecule has 0 aliphatic heterocycles. The van der Waals surface area contributed by atoms with E-state index in [1.165, 1.54) is 22.3 Å². The monoisotopic (exact) mass is 341 g/mol. The third kappa shape index (κ3) is 3.16. The number of hydrogen-bond acceptors (Lipinski definition) is 3. The molecule has 0 heterocycles. The van der Waals surface area contributed by atoms with E-state index in [-0.39, 0.29) is 12.4 Å². The summed E-state index contributed by atoms with van der Waals surface area (Å²) in [6.07, 6.45) is 1.10. The number of fused-ring (bicyclic) bond motifs is 3. The van der Waals surface area contributed by atoms with Crippen molar-refractivity contribution in [1.29, 1.82) is 0 Å². The van der Waals surface area contributed by atoms with E-state index in [0.717, 1.165) is 23.3 Å². The Hall–Kier alpha value is -3.20. The highest BCUT2D eigenvalue weighted by Crippen LogP contribution is 2.38. The van der Waals surface area contributed by atoms with Crippen molar-refractivity contribution in [1.82, 2.24) is 0 Å². The maximum absolute atomic E-state index is 12.0. The second kappa shape index (κ2) is 6.96. The molecule has 1 aliphatic rings. The lowest BCUT2D eigenvalue weighted by atomic mass is 9.99. The van der Waals surface area contributed by atoms with E-state index in [0.29, 0.717) is 0 Å². The number of nitrogens with zero attached hydrogens (tertiary/aromatic N) is 1. The first kappa shape index (κ1) is 16.3. The molecule has 0 saturated carbocycles. The van der Waals surface area contributed by atoms with Crippen LogP contribution >= 0.6 is 0 Å². The highest BCUT2D eigenvalue weighted by atomic mass is 16.7. The molecule has 3 aromatic carbocycles. The number of rotatable bonds is 4. The molecular formula is C23H19NO2. The van der Waals surface area contributed by atoms with Gasteiger partial charge in [0.25, 0.3) is 0 Å². The Kier molecular flexibility index (Phi) is 4.36. The van der Waals surface area contributed by atoms with Crippen LogP contribution in [0.2, 0.25) is 0 Å². The first-order valence-corrected chi connectivity index (χ1v) is 8.71. The van der Waals surface area contributed by atoms with Crippen LogP contribution in [-0.4, -0.2) is 11.7 Å². The van der Waals surface area contributed by atoms with Gasteiger partial charge < -0.3 is 4.84 Å². The Balaban J connectivity index is 1.53. The number of oxime groups is 1. The maximum atomic E-state index is 12.0. The molecule has 26 heavy (non-hydrogen) atoms. The highest BCUT2D eigenvalue weighted by Gasteiger charge is 2.21. The van der Waals surface area contributed by atoms with Crippen molar-refractivity contribution in [2.45, 2.75) is 19.8 Å². The summed E-state index contributed by atoms with van der Waals surface area (Å²) >= 11 is 0. The van der Waals surface area contributed by atoms with Crippen LogP contribution in [0.4, 0.5) is 0 Å². The predicted octanol–water partition coefficient (Wildman–Crippen LogP) is 4.77. The smallest absolute Gasteiger partial charge is 0.318 e. The lowest BCUT2D eigenvalue weighted by molar-refractivity contribution is -0.142. The molecular weight excluding hydrogens is 322 g/mol. The molecule has 3 nitrogen and oxygen atoms in total. The van der Waals surface area contributed by atoms with Crippen LogP contribution in [0, 0.1) is 0 Å². The predicted molar refractivity (Wildman–Crippen MR) is 103 cm³/mol. The summed E-state index contributed by atoms with van der Waals surface area (Å²) in [6, 6.07) is 24.2.